The summed E-state index contributed by atoms with van der Waals surface area (Å²) < 4.78 is 0. The second-order valence-corrected chi connectivity index (χ2v) is 6.86. The zero-order chi connectivity index (χ0) is 18.5. The van der Waals surface area contributed by atoms with Gasteiger partial charge in [-0.25, -0.2) is 0 Å². The van der Waals surface area contributed by atoms with Crippen molar-refractivity contribution in [3.63, 3.8) is 0 Å². The highest BCUT2D eigenvalue weighted by atomic mass is 16.2. The number of fused-ring (bicyclic) bond motifs is 1. The smallest absolute Gasteiger partial charge is 0.246 e. The molecule has 0 aliphatic carbocycles. The second kappa shape index (κ2) is 8.14. The van der Waals surface area contributed by atoms with E-state index in [2.05, 4.69) is 34.1 Å². The van der Waals surface area contributed by atoms with Gasteiger partial charge in [-0.05, 0) is 40.1 Å². The van der Waals surface area contributed by atoms with Gasteiger partial charge in [-0.3, -0.25) is 14.7 Å². The lowest BCUT2D eigenvalue weighted by atomic mass is 10.0. The van der Waals surface area contributed by atoms with Crippen LogP contribution in [-0.2, 0) is 11.3 Å². The number of piperazine rings is 1. The van der Waals surface area contributed by atoms with E-state index in [9.17, 15) is 4.79 Å². The van der Waals surface area contributed by atoms with Crippen LogP contribution in [0.5, 0.6) is 0 Å². The van der Waals surface area contributed by atoms with Crippen LogP contribution in [0.25, 0.3) is 16.8 Å². The lowest BCUT2D eigenvalue weighted by Crippen LogP contribution is -2.47. The van der Waals surface area contributed by atoms with Gasteiger partial charge in [0, 0.05) is 51.2 Å². The number of pyridine rings is 1. The number of rotatable bonds is 4. The molecule has 2 heterocycles. The number of hydrogen-bond donors (Lipinski definition) is 0. The van der Waals surface area contributed by atoms with Crippen LogP contribution >= 0.6 is 0 Å². The number of aromatic nitrogens is 1. The van der Waals surface area contributed by atoms with Crippen LogP contribution < -0.4 is 0 Å². The predicted molar refractivity (Wildman–Crippen MR) is 109 cm³/mol. The lowest BCUT2D eigenvalue weighted by Gasteiger charge is -2.34. The van der Waals surface area contributed by atoms with Gasteiger partial charge in [0.15, 0.2) is 0 Å². The number of carbonyl (C=O) groups excluding carboxylic acids is 1. The maximum atomic E-state index is 12.6. The number of nitrogens with zero attached hydrogens (tertiary/aromatic N) is 3. The van der Waals surface area contributed by atoms with Crippen LogP contribution in [0.2, 0.25) is 0 Å². The summed E-state index contributed by atoms with van der Waals surface area (Å²) in [6, 6.07) is 18.5. The summed E-state index contributed by atoms with van der Waals surface area (Å²) in [6.45, 7) is 4.25. The molecule has 136 valence electrons. The molecule has 3 aromatic rings. The van der Waals surface area contributed by atoms with Crippen molar-refractivity contribution in [1.29, 1.82) is 0 Å². The van der Waals surface area contributed by atoms with Gasteiger partial charge >= 0.3 is 0 Å². The third kappa shape index (κ3) is 4.23. The number of carbonyl (C=O) groups is 1. The Hall–Kier alpha value is -2.98. The van der Waals surface area contributed by atoms with E-state index in [1.807, 2.05) is 53.7 Å². The minimum Gasteiger partial charge on any atom is -0.337 e. The zero-order valence-corrected chi connectivity index (χ0v) is 15.3. The average Bonchev–Trinajstić information content (AvgIpc) is 2.73. The van der Waals surface area contributed by atoms with Crippen LogP contribution in [0.4, 0.5) is 0 Å². The summed E-state index contributed by atoms with van der Waals surface area (Å²) in [4.78, 5) is 21.0. The van der Waals surface area contributed by atoms with Gasteiger partial charge in [-0.15, -0.1) is 0 Å². The molecular formula is C23H23N3O. The predicted octanol–water partition coefficient (Wildman–Crippen LogP) is 3.59. The molecule has 0 unspecified atom stereocenters. The summed E-state index contributed by atoms with van der Waals surface area (Å²) in [5.41, 5.74) is 2.35. The van der Waals surface area contributed by atoms with Gasteiger partial charge in [-0.2, -0.15) is 0 Å². The fourth-order valence-corrected chi connectivity index (χ4v) is 3.54. The van der Waals surface area contributed by atoms with Crippen molar-refractivity contribution >= 4 is 22.8 Å². The molecule has 1 aliphatic rings. The Bertz CT molecular complexity index is 939. The fraction of sp³-hybridized carbons (Fsp3) is 0.217. The fourth-order valence-electron chi connectivity index (χ4n) is 3.54. The van der Waals surface area contributed by atoms with E-state index in [0.29, 0.717) is 0 Å². The van der Waals surface area contributed by atoms with Gasteiger partial charge in [-0.1, -0.05) is 42.5 Å². The van der Waals surface area contributed by atoms with Crippen molar-refractivity contribution < 1.29 is 4.79 Å². The van der Waals surface area contributed by atoms with Gasteiger partial charge in [0.2, 0.25) is 5.91 Å². The summed E-state index contributed by atoms with van der Waals surface area (Å²) in [5, 5.41) is 2.36. The highest BCUT2D eigenvalue weighted by molar-refractivity contribution is 5.96. The van der Waals surface area contributed by atoms with Gasteiger partial charge in [0.05, 0.1) is 0 Å². The van der Waals surface area contributed by atoms with Crippen LogP contribution in [0.3, 0.4) is 0 Å². The SMILES string of the molecule is O=C(/C=C/c1cccc2ccccc12)N1CCN(Cc2ccncc2)CC1. The Labute approximate surface area is 159 Å². The van der Waals surface area contributed by atoms with Crippen molar-refractivity contribution in [2.45, 2.75) is 6.54 Å². The van der Waals surface area contributed by atoms with E-state index in [0.717, 1.165) is 38.3 Å². The maximum Gasteiger partial charge on any atom is 0.246 e. The van der Waals surface area contributed by atoms with E-state index in [-0.39, 0.29) is 5.91 Å². The largest absolute Gasteiger partial charge is 0.337 e. The standard InChI is InChI=1S/C23H23N3O/c27-23(9-8-21-6-3-5-20-4-1-2-7-22(20)21)26-16-14-25(15-17-26)18-19-10-12-24-13-11-19/h1-13H,14-18H2/b9-8+. The molecule has 1 amide bonds. The minimum atomic E-state index is 0.0893. The first-order chi connectivity index (χ1) is 13.3. The third-order valence-corrected chi connectivity index (χ3v) is 5.07. The Kier molecular flexibility index (Phi) is 5.26. The molecule has 1 aliphatic heterocycles. The number of amides is 1. The molecule has 4 nitrogen and oxygen atoms in total. The summed E-state index contributed by atoms with van der Waals surface area (Å²) in [6.07, 6.45) is 7.30. The maximum absolute atomic E-state index is 12.6. The molecule has 0 radical (unpaired) electrons. The zero-order valence-electron chi connectivity index (χ0n) is 15.3. The Morgan fingerprint density at radius 1 is 0.926 bits per heavy atom. The molecule has 0 spiro atoms. The molecule has 0 atom stereocenters. The summed E-state index contributed by atoms with van der Waals surface area (Å²) in [5.74, 6) is 0.0893. The monoisotopic (exact) mass is 357 g/mol. The van der Waals surface area contributed by atoms with E-state index < -0.39 is 0 Å². The third-order valence-electron chi connectivity index (χ3n) is 5.07. The first-order valence-corrected chi connectivity index (χ1v) is 9.35. The van der Waals surface area contributed by atoms with Crippen LogP contribution in [0.15, 0.2) is 73.1 Å². The van der Waals surface area contributed by atoms with Crippen molar-refractivity contribution in [1.82, 2.24) is 14.8 Å². The highest BCUT2D eigenvalue weighted by Gasteiger charge is 2.19. The molecule has 0 saturated carbocycles. The van der Waals surface area contributed by atoms with Crippen LogP contribution in [-0.4, -0.2) is 46.9 Å². The van der Waals surface area contributed by atoms with Crippen LogP contribution in [0.1, 0.15) is 11.1 Å². The van der Waals surface area contributed by atoms with E-state index >= 15 is 0 Å². The lowest BCUT2D eigenvalue weighted by molar-refractivity contribution is -0.127. The molecule has 1 fully saturated rings. The van der Waals surface area contributed by atoms with Gasteiger partial charge in [0.25, 0.3) is 0 Å². The molecule has 4 rings (SSSR count). The van der Waals surface area contributed by atoms with Crippen molar-refractivity contribution in [2.75, 3.05) is 26.2 Å². The summed E-state index contributed by atoms with van der Waals surface area (Å²) in [7, 11) is 0. The van der Waals surface area contributed by atoms with Crippen molar-refractivity contribution in [2.24, 2.45) is 0 Å². The molecule has 27 heavy (non-hydrogen) atoms. The normalized spacial score (nSPS) is 15.5. The highest BCUT2D eigenvalue weighted by Crippen LogP contribution is 2.19. The van der Waals surface area contributed by atoms with Crippen molar-refractivity contribution in [3.8, 4) is 0 Å². The quantitative estimate of drug-likeness (QED) is 0.670. The molecule has 1 saturated heterocycles. The number of hydrogen-bond acceptors (Lipinski definition) is 3. The van der Waals surface area contributed by atoms with E-state index in [4.69, 9.17) is 0 Å². The first-order valence-electron chi connectivity index (χ1n) is 9.35. The topological polar surface area (TPSA) is 36.4 Å². The first kappa shape index (κ1) is 17.4. The minimum absolute atomic E-state index is 0.0893. The molecule has 0 N–H and O–H groups in total. The molecule has 1 aromatic heterocycles. The van der Waals surface area contributed by atoms with Gasteiger partial charge < -0.3 is 4.90 Å². The molecule has 2 aromatic carbocycles. The number of benzene rings is 2. The Morgan fingerprint density at radius 2 is 1.67 bits per heavy atom. The Balaban J connectivity index is 1.36. The van der Waals surface area contributed by atoms with Crippen LogP contribution in [0, 0.1) is 0 Å². The molecule has 4 heteroatoms. The summed E-state index contributed by atoms with van der Waals surface area (Å²) >= 11 is 0. The van der Waals surface area contributed by atoms with E-state index in [1.54, 1.807) is 6.08 Å². The molecule has 0 bridgehead atoms. The van der Waals surface area contributed by atoms with Crippen molar-refractivity contribution in [3.05, 3.63) is 84.2 Å². The van der Waals surface area contributed by atoms with E-state index in [1.165, 1.54) is 16.3 Å². The second-order valence-electron chi connectivity index (χ2n) is 6.86. The Morgan fingerprint density at radius 3 is 2.48 bits per heavy atom. The van der Waals surface area contributed by atoms with Gasteiger partial charge in [0.1, 0.15) is 0 Å². The average molecular weight is 357 g/mol. The molecular weight excluding hydrogens is 334 g/mol.